The summed E-state index contributed by atoms with van der Waals surface area (Å²) in [5, 5.41) is 14.3. The fourth-order valence-corrected chi connectivity index (χ4v) is 1.91. The molecule has 0 atom stereocenters. The predicted molar refractivity (Wildman–Crippen MR) is 79.5 cm³/mol. The summed E-state index contributed by atoms with van der Waals surface area (Å²) in [6.07, 6.45) is 1.69. The molecule has 0 bridgehead atoms. The Bertz CT molecular complexity index is 627. The van der Waals surface area contributed by atoms with Crippen LogP contribution < -0.4 is 10.1 Å². The maximum absolute atomic E-state index is 11.1. The number of pyridine rings is 1. The smallest absolute Gasteiger partial charge is 0.314 e. The van der Waals surface area contributed by atoms with Crippen LogP contribution in [0, 0.1) is 17.0 Å². The fraction of sp³-hybridized carbons (Fsp3) is 0.267. The van der Waals surface area contributed by atoms with Crippen molar-refractivity contribution in [2.24, 2.45) is 0 Å². The summed E-state index contributed by atoms with van der Waals surface area (Å²) >= 11 is 0. The number of nitro benzene ring substituents is 1. The molecule has 1 aromatic heterocycles. The first-order valence-electron chi connectivity index (χ1n) is 6.69. The van der Waals surface area contributed by atoms with Crippen molar-refractivity contribution in [2.45, 2.75) is 20.4 Å². The standard InChI is InChI=1S/C15H17N3O3/c1-3-16-9-12-7-8-14(17-10-12)21-13-6-4-5-11(2)15(13)18(19)20/h4-8,10,16H,3,9H2,1-2H3. The molecule has 0 aliphatic rings. The lowest BCUT2D eigenvalue weighted by Crippen LogP contribution is -2.11. The van der Waals surface area contributed by atoms with Gasteiger partial charge in [-0.05, 0) is 25.1 Å². The van der Waals surface area contributed by atoms with Gasteiger partial charge in [0.15, 0.2) is 0 Å². The van der Waals surface area contributed by atoms with Gasteiger partial charge < -0.3 is 10.1 Å². The first-order chi connectivity index (χ1) is 10.1. The first kappa shape index (κ1) is 14.9. The zero-order chi connectivity index (χ0) is 15.2. The highest BCUT2D eigenvalue weighted by Gasteiger charge is 2.18. The van der Waals surface area contributed by atoms with Crippen LogP contribution in [0.1, 0.15) is 18.1 Å². The normalized spacial score (nSPS) is 10.4. The Morgan fingerprint density at radius 1 is 1.33 bits per heavy atom. The van der Waals surface area contributed by atoms with Gasteiger partial charge in [-0.25, -0.2) is 4.98 Å². The van der Waals surface area contributed by atoms with Crippen LogP contribution in [0.15, 0.2) is 36.5 Å². The Balaban J connectivity index is 2.19. The number of hydrogen-bond donors (Lipinski definition) is 1. The second kappa shape index (κ2) is 6.81. The largest absolute Gasteiger partial charge is 0.432 e. The molecule has 0 saturated heterocycles. The van der Waals surface area contributed by atoms with Gasteiger partial charge in [0.1, 0.15) is 0 Å². The van der Waals surface area contributed by atoms with Crippen LogP contribution >= 0.6 is 0 Å². The molecule has 1 aromatic carbocycles. The number of hydrogen-bond acceptors (Lipinski definition) is 5. The second-order valence-corrected chi connectivity index (χ2v) is 4.57. The highest BCUT2D eigenvalue weighted by Crippen LogP contribution is 2.33. The van der Waals surface area contributed by atoms with Gasteiger partial charge in [0.2, 0.25) is 11.6 Å². The van der Waals surface area contributed by atoms with Crippen molar-refractivity contribution in [1.82, 2.24) is 10.3 Å². The molecular formula is C15H17N3O3. The van der Waals surface area contributed by atoms with Crippen molar-refractivity contribution in [2.75, 3.05) is 6.54 Å². The van der Waals surface area contributed by atoms with Crippen molar-refractivity contribution >= 4 is 5.69 Å². The molecule has 1 N–H and O–H groups in total. The minimum absolute atomic E-state index is 0.0315. The number of ether oxygens (including phenoxy) is 1. The number of aromatic nitrogens is 1. The molecule has 0 aliphatic carbocycles. The summed E-state index contributed by atoms with van der Waals surface area (Å²) in [5.74, 6) is 0.538. The Kier molecular flexibility index (Phi) is 4.84. The van der Waals surface area contributed by atoms with E-state index in [0.29, 0.717) is 11.4 Å². The van der Waals surface area contributed by atoms with Gasteiger partial charge in [-0.1, -0.05) is 25.1 Å². The van der Waals surface area contributed by atoms with Crippen LogP contribution in [0.2, 0.25) is 0 Å². The highest BCUT2D eigenvalue weighted by molar-refractivity contribution is 5.53. The zero-order valence-electron chi connectivity index (χ0n) is 12.0. The van der Waals surface area contributed by atoms with E-state index in [9.17, 15) is 10.1 Å². The Hall–Kier alpha value is -2.47. The van der Waals surface area contributed by atoms with Gasteiger partial charge in [0.25, 0.3) is 0 Å². The number of nitrogens with zero attached hydrogens (tertiary/aromatic N) is 2. The average Bonchev–Trinajstić information content (AvgIpc) is 2.46. The average molecular weight is 287 g/mol. The molecule has 1 heterocycles. The minimum Gasteiger partial charge on any atom is -0.432 e. The molecule has 0 saturated carbocycles. The topological polar surface area (TPSA) is 77.3 Å². The van der Waals surface area contributed by atoms with E-state index in [1.165, 1.54) is 0 Å². The van der Waals surface area contributed by atoms with Crippen LogP contribution in [-0.4, -0.2) is 16.5 Å². The van der Waals surface area contributed by atoms with Crippen LogP contribution in [0.25, 0.3) is 0 Å². The maximum atomic E-state index is 11.1. The van der Waals surface area contributed by atoms with Crippen molar-refractivity contribution in [1.29, 1.82) is 0 Å². The fourth-order valence-electron chi connectivity index (χ4n) is 1.91. The van der Waals surface area contributed by atoms with E-state index < -0.39 is 4.92 Å². The van der Waals surface area contributed by atoms with Crippen LogP contribution in [0.5, 0.6) is 11.6 Å². The van der Waals surface area contributed by atoms with Crippen LogP contribution in [0.3, 0.4) is 0 Å². The Morgan fingerprint density at radius 2 is 2.14 bits per heavy atom. The molecule has 2 rings (SSSR count). The number of benzene rings is 1. The molecule has 0 spiro atoms. The van der Waals surface area contributed by atoms with Gasteiger partial charge >= 0.3 is 5.69 Å². The lowest BCUT2D eigenvalue weighted by Gasteiger charge is -2.07. The van der Waals surface area contributed by atoms with Crippen molar-refractivity contribution in [3.63, 3.8) is 0 Å². The first-order valence-corrected chi connectivity index (χ1v) is 6.69. The Labute approximate surface area is 122 Å². The third kappa shape index (κ3) is 3.76. The number of nitrogens with one attached hydrogen (secondary N) is 1. The maximum Gasteiger partial charge on any atom is 0.314 e. The van der Waals surface area contributed by atoms with E-state index in [-0.39, 0.29) is 11.4 Å². The lowest BCUT2D eigenvalue weighted by atomic mass is 10.2. The molecular weight excluding hydrogens is 270 g/mol. The SMILES string of the molecule is CCNCc1ccc(Oc2cccc(C)c2[N+](=O)[O-])nc1. The van der Waals surface area contributed by atoms with Crippen LogP contribution in [-0.2, 0) is 6.54 Å². The minimum atomic E-state index is -0.440. The third-order valence-corrected chi connectivity index (χ3v) is 2.97. The van der Waals surface area contributed by atoms with Crippen LogP contribution in [0.4, 0.5) is 5.69 Å². The monoisotopic (exact) mass is 287 g/mol. The molecule has 6 heteroatoms. The van der Waals surface area contributed by atoms with Gasteiger partial charge in [-0.2, -0.15) is 0 Å². The zero-order valence-corrected chi connectivity index (χ0v) is 12.0. The Morgan fingerprint density at radius 3 is 2.76 bits per heavy atom. The predicted octanol–water partition coefficient (Wildman–Crippen LogP) is 3.20. The van der Waals surface area contributed by atoms with Gasteiger partial charge in [0, 0.05) is 24.4 Å². The summed E-state index contributed by atoms with van der Waals surface area (Å²) in [6, 6.07) is 8.56. The highest BCUT2D eigenvalue weighted by atomic mass is 16.6. The molecule has 0 aliphatic heterocycles. The molecule has 0 fully saturated rings. The number of aryl methyl sites for hydroxylation is 1. The van der Waals surface area contributed by atoms with E-state index >= 15 is 0 Å². The molecule has 0 amide bonds. The van der Waals surface area contributed by atoms with Crippen molar-refractivity contribution in [3.05, 3.63) is 57.8 Å². The second-order valence-electron chi connectivity index (χ2n) is 4.57. The summed E-state index contributed by atoms with van der Waals surface area (Å²) in [7, 11) is 0. The van der Waals surface area contributed by atoms with Crippen molar-refractivity contribution in [3.8, 4) is 11.6 Å². The van der Waals surface area contributed by atoms with E-state index in [0.717, 1.165) is 18.7 Å². The van der Waals surface area contributed by atoms with E-state index in [1.54, 1.807) is 37.4 Å². The molecule has 0 radical (unpaired) electrons. The van der Waals surface area contributed by atoms with Crippen molar-refractivity contribution < 1.29 is 9.66 Å². The number of para-hydroxylation sites is 1. The molecule has 21 heavy (non-hydrogen) atoms. The summed E-state index contributed by atoms with van der Waals surface area (Å²) in [5.41, 5.74) is 1.56. The number of nitro groups is 1. The van der Waals surface area contributed by atoms with Gasteiger partial charge in [-0.15, -0.1) is 0 Å². The van der Waals surface area contributed by atoms with E-state index in [4.69, 9.17) is 4.74 Å². The third-order valence-electron chi connectivity index (χ3n) is 2.97. The lowest BCUT2D eigenvalue weighted by molar-refractivity contribution is -0.386. The molecule has 0 unspecified atom stereocenters. The molecule has 110 valence electrons. The van der Waals surface area contributed by atoms with E-state index in [1.807, 2.05) is 13.0 Å². The summed E-state index contributed by atoms with van der Waals surface area (Å²) in [6.45, 7) is 5.32. The number of rotatable bonds is 6. The van der Waals surface area contributed by atoms with Gasteiger partial charge in [-0.3, -0.25) is 10.1 Å². The molecule has 6 nitrogen and oxygen atoms in total. The van der Waals surface area contributed by atoms with E-state index in [2.05, 4.69) is 10.3 Å². The summed E-state index contributed by atoms with van der Waals surface area (Å²) in [4.78, 5) is 14.8. The van der Waals surface area contributed by atoms with Gasteiger partial charge in [0.05, 0.1) is 4.92 Å². The quantitative estimate of drug-likeness (QED) is 0.652. The molecule has 2 aromatic rings. The summed E-state index contributed by atoms with van der Waals surface area (Å²) < 4.78 is 5.54.